The number of rotatable bonds is 4. The van der Waals surface area contributed by atoms with Crippen LogP contribution in [0.1, 0.15) is 12.5 Å². The molecule has 0 radical (unpaired) electrons. The number of amides is 2. The van der Waals surface area contributed by atoms with Gasteiger partial charge in [-0.05, 0) is 24.6 Å². The molecule has 0 fully saturated rings. The minimum absolute atomic E-state index is 0.0232. The van der Waals surface area contributed by atoms with Crippen LogP contribution in [0.3, 0.4) is 0 Å². The van der Waals surface area contributed by atoms with Gasteiger partial charge in [0.15, 0.2) is 0 Å². The number of nitrogens with two attached hydrogens (primary N) is 1. The summed E-state index contributed by atoms with van der Waals surface area (Å²) in [6.07, 6.45) is 0.0232. The van der Waals surface area contributed by atoms with Gasteiger partial charge in [0.25, 0.3) is 0 Å². The van der Waals surface area contributed by atoms with Crippen LogP contribution in [-0.2, 0) is 16.0 Å². The molecule has 1 unspecified atom stereocenters. The van der Waals surface area contributed by atoms with E-state index in [0.29, 0.717) is 5.56 Å². The van der Waals surface area contributed by atoms with Crippen molar-refractivity contribution in [2.75, 3.05) is 0 Å². The number of hydrogen-bond donors (Lipinski definition) is 2. The third-order valence-corrected chi connectivity index (χ3v) is 2.06. The summed E-state index contributed by atoms with van der Waals surface area (Å²) in [5.74, 6) is -1.36. The Labute approximate surface area is 92.6 Å². The normalized spacial score (nSPS) is 11.9. The van der Waals surface area contributed by atoms with Crippen LogP contribution in [0.2, 0.25) is 0 Å². The second kappa shape index (κ2) is 5.25. The van der Waals surface area contributed by atoms with Crippen molar-refractivity contribution in [1.82, 2.24) is 5.32 Å². The van der Waals surface area contributed by atoms with E-state index in [1.54, 1.807) is 6.07 Å². The first kappa shape index (κ1) is 12.2. The van der Waals surface area contributed by atoms with Crippen LogP contribution >= 0.6 is 0 Å². The minimum atomic E-state index is -0.721. The Morgan fingerprint density at radius 3 is 2.75 bits per heavy atom. The molecule has 5 heteroatoms. The first-order valence-corrected chi connectivity index (χ1v) is 4.82. The van der Waals surface area contributed by atoms with E-state index in [1.165, 1.54) is 25.1 Å². The van der Waals surface area contributed by atoms with Crippen LogP contribution < -0.4 is 11.1 Å². The number of benzene rings is 1. The highest BCUT2D eigenvalue weighted by atomic mass is 19.1. The van der Waals surface area contributed by atoms with Crippen molar-refractivity contribution >= 4 is 11.8 Å². The Bertz CT molecular complexity index is 407. The van der Waals surface area contributed by atoms with Crippen molar-refractivity contribution < 1.29 is 14.0 Å². The number of carbonyl (C=O) groups is 2. The van der Waals surface area contributed by atoms with Crippen LogP contribution in [0.25, 0.3) is 0 Å². The van der Waals surface area contributed by atoms with Gasteiger partial charge in [-0.15, -0.1) is 0 Å². The van der Waals surface area contributed by atoms with Gasteiger partial charge in [0.2, 0.25) is 11.8 Å². The predicted octanol–water partition coefficient (Wildman–Crippen LogP) is 0.358. The standard InChI is InChI=1S/C11H13FN2O2/c1-7(11(13)16)14-10(15)6-8-3-2-4-9(12)5-8/h2-5,7H,6H2,1H3,(H2,13,16)(H,14,15). The van der Waals surface area contributed by atoms with Crippen LogP contribution in [0, 0.1) is 5.82 Å². The van der Waals surface area contributed by atoms with E-state index in [-0.39, 0.29) is 12.3 Å². The summed E-state index contributed by atoms with van der Waals surface area (Å²) < 4.78 is 12.8. The summed E-state index contributed by atoms with van der Waals surface area (Å²) in [4.78, 5) is 22.1. The molecule has 0 bridgehead atoms. The Kier molecular flexibility index (Phi) is 3.99. The van der Waals surface area contributed by atoms with Crippen molar-refractivity contribution in [1.29, 1.82) is 0 Å². The summed E-state index contributed by atoms with van der Waals surface area (Å²) in [7, 11) is 0. The van der Waals surface area contributed by atoms with Gasteiger partial charge in [-0.3, -0.25) is 9.59 Å². The van der Waals surface area contributed by atoms with Crippen LogP contribution in [0.4, 0.5) is 4.39 Å². The van der Waals surface area contributed by atoms with Gasteiger partial charge in [-0.1, -0.05) is 12.1 Å². The highest BCUT2D eigenvalue weighted by molar-refractivity contribution is 5.87. The molecule has 86 valence electrons. The molecule has 0 aliphatic carbocycles. The zero-order chi connectivity index (χ0) is 12.1. The Morgan fingerprint density at radius 1 is 1.50 bits per heavy atom. The molecule has 0 aliphatic heterocycles. The SMILES string of the molecule is CC(NC(=O)Cc1cccc(F)c1)C(N)=O. The Balaban J connectivity index is 2.55. The van der Waals surface area contributed by atoms with Gasteiger partial charge in [-0.2, -0.15) is 0 Å². The van der Waals surface area contributed by atoms with Crippen LogP contribution in [0.5, 0.6) is 0 Å². The van der Waals surface area contributed by atoms with E-state index in [1.807, 2.05) is 0 Å². The summed E-state index contributed by atoms with van der Waals surface area (Å²) in [6.45, 7) is 1.49. The quantitative estimate of drug-likeness (QED) is 0.775. The molecule has 0 aliphatic rings. The molecule has 1 rings (SSSR count). The van der Waals surface area contributed by atoms with E-state index in [0.717, 1.165) is 0 Å². The lowest BCUT2D eigenvalue weighted by Crippen LogP contribution is -2.42. The molecule has 0 aromatic heterocycles. The number of nitrogens with one attached hydrogen (secondary N) is 1. The fraction of sp³-hybridized carbons (Fsp3) is 0.273. The largest absolute Gasteiger partial charge is 0.368 e. The van der Waals surface area contributed by atoms with Crippen molar-refractivity contribution in [3.05, 3.63) is 35.6 Å². The third-order valence-electron chi connectivity index (χ3n) is 2.06. The Morgan fingerprint density at radius 2 is 2.19 bits per heavy atom. The molecule has 0 saturated heterocycles. The van der Waals surface area contributed by atoms with E-state index in [4.69, 9.17) is 5.73 Å². The lowest BCUT2D eigenvalue weighted by molar-refractivity contribution is -0.126. The molecular weight excluding hydrogens is 211 g/mol. The number of primary amides is 1. The molecule has 2 amide bonds. The van der Waals surface area contributed by atoms with Crippen molar-refractivity contribution in [3.8, 4) is 0 Å². The summed E-state index contributed by atoms with van der Waals surface area (Å²) in [6, 6.07) is 5.01. The third kappa shape index (κ3) is 3.68. The van der Waals surface area contributed by atoms with Crippen molar-refractivity contribution in [2.45, 2.75) is 19.4 Å². The zero-order valence-electron chi connectivity index (χ0n) is 8.87. The number of halogens is 1. The van der Waals surface area contributed by atoms with E-state index < -0.39 is 17.8 Å². The summed E-state index contributed by atoms with van der Waals surface area (Å²) >= 11 is 0. The summed E-state index contributed by atoms with van der Waals surface area (Å²) in [5, 5.41) is 2.41. The van der Waals surface area contributed by atoms with Crippen molar-refractivity contribution in [2.24, 2.45) is 5.73 Å². The van der Waals surface area contributed by atoms with Gasteiger partial charge in [0, 0.05) is 0 Å². The second-order valence-electron chi connectivity index (χ2n) is 3.50. The molecule has 1 aromatic rings. The highest BCUT2D eigenvalue weighted by Gasteiger charge is 2.12. The van der Waals surface area contributed by atoms with Crippen molar-refractivity contribution in [3.63, 3.8) is 0 Å². The fourth-order valence-corrected chi connectivity index (χ4v) is 1.20. The maximum absolute atomic E-state index is 12.8. The van der Waals surface area contributed by atoms with Gasteiger partial charge in [0.1, 0.15) is 11.9 Å². The second-order valence-corrected chi connectivity index (χ2v) is 3.50. The van der Waals surface area contributed by atoms with Gasteiger partial charge in [0.05, 0.1) is 6.42 Å². The molecular formula is C11H13FN2O2. The topological polar surface area (TPSA) is 72.2 Å². The first-order valence-electron chi connectivity index (χ1n) is 4.82. The molecule has 4 nitrogen and oxygen atoms in total. The zero-order valence-corrected chi connectivity index (χ0v) is 8.87. The smallest absolute Gasteiger partial charge is 0.239 e. The monoisotopic (exact) mass is 224 g/mol. The first-order chi connectivity index (χ1) is 7.49. The summed E-state index contributed by atoms with van der Waals surface area (Å²) in [5.41, 5.74) is 5.54. The van der Waals surface area contributed by atoms with E-state index in [2.05, 4.69) is 5.32 Å². The minimum Gasteiger partial charge on any atom is -0.368 e. The maximum atomic E-state index is 12.8. The maximum Gasteiger partial charge on any atom is 0.239 e. The van der Waals surface area contributed by atoms with Crippen LogP contribution in [-0.4, -0.2) is 17.9 Å². The lowest BCUT2D eigenvalue weighted by atomic mass is 10.1. The molecule has 0 heterocycles. The number of hydrogen-bond acceptors (Lipinski definition) is 2. The van der Waals surface area contributed by atoms with E-state index >= 15 is 0 Å². The molecule has 1 aromatic carbocycles. The lowest BCUT2D eigenvalue weighted by Gasteiger charge is -2.09. The van der Waals surface area contributed by atoms with E-state index in [9.17, 15) is 14.0 Å². The van der Waals surface area contributed by atoms with Gasteiger partial charge in [-0.25, -0.2) is 4.39 Å². The average molecular weight is 224 g/mol. The van der Waals surface area contributed by atoms with Crippen LogP contribution in [0.15, 0.2) is 24.3 Å². The fourth-order valence-electron chi connectivity index (χ4n) is 1.20. The highest BCUT2D eigenvalue weighted by Crippen LogP contribution is 2.04. The molecule has 0 saturated carbocycles. The molecule has 16 heavy (non-hydrogen) atoms. The molecule has 3 N–H and O–H groups in total. The average Bonchev–Trinajstić information content (AvgIpc) is 2.16. The number of carbonyl (C=O) groups excluding carboxylic acids is 2. The van der Waals surface area contributed by atoms with Gasteiger partial charge < -0.3 is 11.1 Å². The molecule has 0 spiro atoms. The molecule has 1 atom stereocenters. The van der Waals surface area contributed by atoms with Gasteiger partial charge >= 0.3 is 0 Å². The Hall–Kier alpha value is -1.91. The predicted molar refractivity (Wildman–Crippen MR) is 56.9 cm³/mol.